The Morgan fingerprint density at radius 3 is 2.47 bits per heavy atom. The summed E-state index contributed by atoms with van der Waals surface area (Å²) in [6.07, 6.45) is 5.59. The lowest BCUT2D eigenvalue weighted by molar-refractivity contribution is -0.192. The van der Waals surface area contributed by atoms with Gasteiger partial charge in [-0.3, -0.25) is 9.20 Å². The molecule has 3 aromatic rings. The molecule has 0 spiro atoms. The molecule has 0 aliphatic heterocycles. The summed E-state index contributed by atoms with van der Waals surface area (Å²) < 4.78 is 35.9. The molecule has 1 amide bonds. The van der Waals surface area contributed by atoms with Crippen LogP contribution in [0.5, 0.6) is 0 Å². The van der Waals surface area contributed by atoms with Crippen molar-refractivity contribution in [2.45, 2.75) is 44.4 Å². The molecular formula is C23H28F3N5O3. The van der Waals surface area contributed by atoms with E-state index in [4.69, 9.17) is 14.9 Å². The Balaban J connectivity index is 0.000000406. The van der Waals surface area contributed by atoms with Gasteiger partial charge in [0, 0.05) is 43.3 Å². The van der Waals surface area contributed by atoms with E-state index in [-0.39, 0.29) is 11.9 Å². The van der Waals surface area contributed by atoms with Gasteiger partial charge in [0.1, 0.15) is 5.82 Å². The smallest absolute Gasteiger partial charge is 0.475 e. The Morgan fingerprint density at radius 1 is 1.18 bits per heavy atom. The van der Waals surface area contributed by atoms with Crippen LogP contribution in [0.3, 0.4) is 0 Å². The summed E-state index contributed by atoms with van der Waals surface area (Å²) >= 11 is 0. The van der Waals surface area contributed by atoms with Crippen molar-refractivity contribution in [1.82, 2.24) is 24.2 Å². The maximum Gasteiger partial charge on any atom is 0.490 e. The minimum atomic E-state index is -5.08. The molecule has 3 heterocycles. The van der Waals surface area contributed by atoms with E-state index in [1.807, 2.05) is 28.8 Å². The van der Waals surface area contributed by atoms with Gasteiger partial charge in [-0.05, 0) is 45.1 Å². The molecule has 0 unspecified atom stereocenters. The first kappa shape index (κ1) is 25.3. The van der Waals surface area contributed by atoms with Gasteiger partial charge in [-0.2, -0.15) is 13.2 Å². The number of likely N-dealkylation sites (N-methyl/N-ethyl adjacent to an activating group) is 1. The third kappa shape index (κ3) is 6.37. The fourth-order valence-electron chi connectivity index (χ4n) is 3.76. The number of fused-ring (bicyclic) bond motifs is 1. The second-order valence-corrected chi connectivity index (χ2v) is 8.44. The van der Waals surface area contributed by atoms with E-state index in [1.165, 1.54) is 12.8 Å². The van der Waals surface area contributed by atoms with E-state index in [9.17, 15) is 18.0 Å². The molecule has 184 valence electrons. The lowest BCUT2D eigenvalue weighted by Crippen LogP contribution is -2.32. The first-order valence-electron chi connectivity index (χ1n) is 10.9. The van der Waals surface area contributed by atoms with Gasteiger partial charge in [-0.15, -0.1) is 0 Å². The van der Waals surface area contributed by atoms with Crippen molar-refractivity contribution in [2.24, 2.45) is 0 Å². The van der Waals surface area contributed by atoms with Crippen molar-refractivity contribution in [1.29, 1.82) is 0 Å². The van der Waals surface area contributed by atoms with Crippen LogP contribution in [-0.4, -0.2) is 68.7 Å². The molecule has 1 aliphatic carbocycles. The van der Waals surface area contributed by atoms with Crippen LogP contribution in [0.1, 0.15) is 36.2 Å². The van der Waals surface area contributed by atoms with Gasteiger partial charge in [0.05, 0.1) is 5.52 Å². The first-order chi connectivity index (χ1) is 16.1. The molecule has 4 rings (SSSR count). The van der Waals surface area contributed by atoms with Crippen molar-refractivity contribution in [3.8, 4) is 11.4 Å². The molecular weight excluding hydrogens is 451 g/mol. The Kier molecular flexibility index (Phi) is 7.98. The summed E-state index contributed by atoms with van der Waals surface area (Å²) in [5, 5.41) is 10.3. The van der Waals surface area contributed by atoms with Crippen molar-refractivity contribution < 1.29 is 27.9 Å². The summed E-state index contributed by atoms with van der Waals surface area (Å²) in [6, 6.07) is 8.24. The monoisotopic (exact) mass is 479 g/mol. The summed E-state index contributed by atoms with van der Waals surface area (Å²) in [7, 11) is 4.14. The third-order valence-electron chi connectivity index (χ3n) is 5.51. The van der Waals surface area contributed by atoms with Crippen molar-refractivity contribution in [3.63, 3.8) is 0 Å². The maximum absolute atomic E-state index is 12.8. The Hall–Kier alpha value is -3.34. The fraction of sp³-hybridized carbons (Fsp3) is 0.435. The topological polar surface area (TPSA) is 91.9 Å². The molecule has 8 nitrogen and oxygen atoms in total. The number of carbonyl (C=O) groups is 2. The average Bonchev–Trinajstić information content (AvgIpc) is 3.51. The van der Waals surface area contributed by atoms with E-state index in [1.54, 1.807) is 0 Å². The SMILES string of the molecule is CN(C)CCn1ccc(-c2nc(C(=O)NC3CCCC3)c3ccccn23)c1.O=C(O)C(F)(F)F. The van der Waals surface area contributed by atoms with Crippen LogP contribution < -0.4 is 5.32 Å². The number of aliphatic carboxylic acids is 1. The van der Waals surface area contributed by atoms with Crippen LogP contribution in [0.4, 0.5) is 13.2 Å². The third-order valence-corrected chi connectivity index (χ3v) is 5.51. The minimum absolute atomic E-state index is 0.0658. The van der Waals surface area contributed by atoms with Gasteiger partial charge in [0.2, 0.25) is 0 Å². The van der Waals surface area contributed by atoms with Gasteiger partial charge < -0.3 is 19.9 Å². The molecule has 0 bridgehead atoms. The van der Waals surface area contributed by atoms with Crippen molar-refractivity contribution >= 4 is 17.4 Å². The number of nitrogens with one attached hydrogen (secondary N) is 1. The highest BCUT2D eigenvalue weighted by atomic mass is 19.4. The van der Waals surface area contributed by atoms with Crippen LogP contribution in [-0.2, 0) is 11.3 Å². The van der Waals surface area contributed by atoms with Gasteiger partial charge in [0.15, 0.2) is 5.69 Å². The van der Waals surface area contributed by atoms with E-state index >= 15 is 0 Å². The number of carboxylic acid groups (broad SMARTS) is 1. The lowest BCUT2D eigenvalue weighted by Gasteiger charge is -2.10. The second kappa shape index (κ2) is 10.7. The number of aromatic nitrogens is 3. The molecule has 0 aromatic carbocycles. The van der Waals surface area contributed by atoms with E-state index in [0.717, 1.165) is 42.8 Å². The molecule has 3 aromatic heterocycles. The average molecular weight is 480 g/mol. The zero-order chi connectivity index (χ0) is 24.9. The maximum atomic E-state index is 12.8. The van der Waals surface area contributed by atoms with Crippen LogP contribution in [0, 0.1) is 0 Å². The zero-order valence-electron chi connectivity index (χ0n) is 19.0. The summed E-state index contributed by atoms with van der Waals surface area (Å²) in [5.74, 6) is -2.01. The Labute approximate surface area is 195 Å². The first-order valence-corrected chi connectivity index (χ1v) is 10.9. The molecule has 11 heteroatoms. The van der Waals surface area contributed by atoms with Crippen LogP contribution in [0.15, 0.2) is 42.9 Å². The predicted octanol–water partition coefficient (Wildman–Crippen LogP) is 3.67. The van der Waals surface area contributed by atoms with Crippen LogP contribution in [0.25, 0.3) is 16.9 Å². The number of halogens is 3. The molecule has 2 N–H and O–H groups in total. The van der Waals surface area contributed by atoms with Gasteiger partial charge >= 0.3 is 12.1 Å². The fourth-order valence-corrected chi connectivity index (χ4v) is 3.76. The van der Waals surface area contributed by atoms with Crippen LogP contribution in [0.2, 0.25) is 0 Å². The molecule has 1 saturated carbocycles. The number of nitrogens with zero attached hydrogens (tertiary/aromatic N) is 4. The van der Waals surface area contributed by atoms with E-state index in [0.29, 0.717) is 5.69 Å². The highest BCUT2D eigenvalue weighted by Gasteiger charge is 2.38. The lowest BCUT2D eigenvalue weighted by atomic mass is 10.2. The highest BCUT2D eigenvalue weighted by molar-refractivity contribution is 6.00. The number of hydrogen-bond donors (Lipinski definition) is 2. The van der Waals surface area contributed by atoms with Crippen molar-refractivity contribution in [2.75, 3.05) is 20.6 Å². The largest absolute Gasteiger partial charge is 0.490 e. The Morgan fingerprint density at radius 2 is 1.85 bits per heavy atom. The number of rotatable bonds is 6. The van der Waals surface area contributed by atoms with Gasteiger partial charge in [-0.1, -0.05) is 18.9 Å². The number of hydrogen-bond acceptors (Lipinski definition) is 4. The Bertz CT molecular complexity index is 1130. The van der Waals surface area contributed by atoms with E-state index < -0.39 is 12.1 Å². The number of imidazole rings is 1. The molecule has 1 fully saturated rings. The summed E-state index contributed by atoms with van der Waals surface area (Å²) in [6.45, 7) is 1.90. The molecule has 0 saturated heterocycles. The number of carbonyl (C=O) groups excluding carboxylic acids is 1. The summed E-state index contributed by atoms with van der Waals surface area (Å²) in [5.41, 5.74) is 2.39. The number of pyridine rings is 1. The van der Waals surface area contributed by atoms with Gasteiger partial charge in [-0.25, -0.2) is 9.78 Å². The predicted molar refractivity (Wildman–Crippen MR) is 121 cm³/mol. The summed E-state index contributed by atoms with van der Waals surface area (Å²) in [4.78, 5) is 28.6. The quantitative estimate of drug-likeness (QED) is 0.563. The number of alkyl halides is 3. The molecule has 0 radical (unpaired) electrons. The van der Waals surface area contributed by atoms with E-state index in [2.05, 4.69) is 47.3 Å². The number of amides is 1. The highest BCUT2D eigenvalue weighted by Crippen LogP contribution is 2.24. The second-order valence-electron chi connectivity index (χ2n) is 8.44. The van der Waals surface area contributed by atoms with Gasteiger partial charge in [0.25, 0.3) is 5.91 Å². The van der Waals surface area contributed by atoms with Crippen molar-refractivity contribution in [3.05, 3.63) is 48.5 Å². The normalized spacial score (nSPS) is 14.3. The molecule has 1 aliphatic rings. The molecule has 34 heavy (non-hydrogen) atoms. The standard InChI is InChI=1S/C21H27N5O.C2HF3O2/c1-24(2)13-14-25-12-10-16(15-25)20-23-19(18-9-5-6-11-26(18)20)21(27)22-17-7-3-4-8-17;3-2(4,5)1(6)7/h5-6,9-12,15,17H,3-4,7-8,13-14H2,1-2H3,(H,22,27);(H,6,7). The number of carboxylic acids is 1. The zero-order valence-corrected chi connectivity index (χ0v) is 19.0. The minimum Gasteiger partial charge on any atom is -0.475 e. The molecule has 0 atom stereocenters. The van der Waals surface area contributed by atoms with Crippen LogP contribution >= 0.6 is 0 Å².